The number of rotatable bonds is 5. The van der Waals surface area contributed by atoms with E-state index < -0.39 is 0 Å². The first kappa shape index (κ1) is 12.2. The van der Waals surface area contributed by atoms with Crippen molar-refractivity contribution in [3.8, 4) is 0 Å². The van der Waals surface area contributed by atoms with Gasteiger partial charge in [-0.2, -0.15) is 0 Å². The van der Waals surface area contributed by atoms with Crippen molar-refractivity contribution in [2.45, 2.75) is 25.7 Å². The molecule has 0 bridgehead atoms. The van der Waals surface area contributed by atoms with Gasteiger partial charge in [0.1, 0.15) is 6.29 Å². The molecule has 0 spiro atoms. The Morgan fingerprint density at radius 1 is 1.60 bits per heavy atom. The molecule has 4 heteroatoms. The molecule has 1 N–H and O–H groups in total. The van der Waals surface area contributed by atoms with E-state index in [0.717, 1.165) is 45.2 Å². The third kappa shape index (κ3) is 4.42. The predicted octanol–water partition coefficient (Wildman–Crippen LogP) is 0.424. The summed E-state index contributed by atoms with van der Waals surface area (Å²) < 4.78 is 0. The molecule has 1 rings (SSSR count). The van der Waals surface area contributed by atoms with Crippen LogP contribution in [-0.4, -0.2) is 43.8 Å². The van der Waals surface area contributed by atoms with Crippen LogP contribution >= 0.6 is 0 Å². The van der Waals surface area contributed by atoms with Gasteiger partial charge in [0.25, 0.3) is 0 Å². The molecule has 0 aromatic rings. The Bertz CT molecular complexity index is 219. The third-order valence-corrected chi connectivity index (χ3v) is 2.89. The topological polar surface area (TPSA) is 49.4 Å². The van der Waals surface area contributed by atoms with Crippen LogP contribution in [0.3, 0.4) is 0 Å². The van der Waals surface area contributed by atoms with E-state index in [2.05, 4.69) is 10.2 Å². The quantitative estimate of drug-likeness (QED) is 0.672. The maximum absolute atomic E-state index is 11.0. The van der Waals surface area contributed by atoms with Crippen LogP contribution in [-0.2, 0) is 9.59 Å². The first-order valence-corrected chi connectivity index (χ1v) is 5.64. The first-order valence-electron chi connectivity index (χ1n) is 5.64. The minimum absolute atomic E-state index is 0.0962. The van der Waals surface area contributed by atoms with Gasteiger partial charge in [-0.15, -0.1) is 0 Å². The maximum Gasteiger partial charge on any atom is 0.219 e. The second-order valence-electron chi connectivity index (χ2n) is 4.12. The van der Waals surface area contributed by atoms with Crippen molar-refractivity contribution < 1.29 is 9.59 Å². The van der Waals surface area contributed by atoms with Crippen LogP contribution in [0.15, 0.2) is 0 Å². The molecule has 4 nitrogen and oxygen atoms in total. The zero-order valence-corrected chi connectivity index (χ0v) is 9.37. The van der Waals surface area contributed by atoms with Crippen LogP contribution in [0.2, 0.25) is 0 Å². The van der Waals surface area contributed by atoms with Gasteiger partial charge in [0.2, 0.25) is 5.91 Å². The Labute approximate surface area is 91.0 Å². The van der Waals surface area contributed by atoms with E-state index in [1.54, 1.807) is 7.05 Å². The zero-order chi connectivity index (χ0) is 11.1. The van der Waals surface area contributed by atoms with Gasteiger partial charge >= 0.3 is 0 Å². The molecule has 0 aromatic carbocycles. The van der Waals surface area contributed by atoms with Crippen molar-refractivity contribution >= 4 is 12.2 Å². The zero-order valence-electron chi connectivity index (χ0n) is 9.37. The van der Waals surface area contributed by atoms with Gasteiger partial charge in [-0.3, -0.25) is 4.79 Å². The molecule has 1 saturated heterocycles. The lowest BCUT2D eigenvalue weighted by molar-refractivity contribution is -0.121. The molecule has 0 saturated carbocycles. The van der Waals surface area contributed by atoms with E-state index in [-0.39, 0.29) is 11.8 Å². The van der Waals surface area contributed by atoms with E-state index >= 15 is 0 Å². The van der Waals surface area contributed by atoms with E-state index in [9.17, 15) is 9.59 Å². The van der Waals surface area contributed by atoms with E-state index in [0.29, 0.717) is 6.42 Å². The summed E-state index contributed by atoms with van der Waals surface area (Å²) in [4.78, 5) is 23.9. The number of piperidine rings is 1. The molecule has 86 valence electrons. The fourth-order valence-corrected chi connectivity index (χ4v) is 1.99. The fourth-order valence-electron chi connectivity index (χ4n) is 1.99. The van der Waals surface area contributed by atoms with Crippen LogP contribution < -0.4 is 5.32 Å². The monoisotopic (exact) mass is 212 g/mol. The molecular formula is C11H20N2O2. The number of amides is 1. The Kier molecular flexibility index (Phi) is 5.32. The summed E-state index contributed by atoms with van der Waals surface area (Å²) in [6, 6.07) is 0. The Morgan fingerprint density at radius 3 is 3.07 bits per heavy atom. The predicted molar refractivity (Wildman–Crippen MR) is 58.5 cm³/mol. The number of hydrogen-bond donors (Lipinski definition) is 1. The number of hydrogen-bond acceptors (Lipinski definition) is 3. The summed E-state index contributed by atoms with van der Waals surface area (Å²) >= 11 is 0. The molecular weight excluding hydrogens is 192 g/mol. The van der Waals surface area contributed by atoms with Crippen molar-refractivity contribution in [2.24, 2.45) is 5.92 Å². The lowest BCUT2D eigenvalue weighted by Gasteiger charge is -2.29. The standard InChI is InChI=1S/C11H20N2O2/c1-12-11(15)5-3-7-13-6-2-4-10(8-13)9-14/h9-10H,2-8H2,1H3,(H,12,15). The number of likely N-dealkylation sites (tertiary alicyclic amines) is 1. The third-order valence-electron chi connectivity index (χ3n) is 2.89. The van der Waals surface area contributed by atoms with Gasteiger partial charge in [0.05, 0.1) is 0 Å². The smallest absolute Gasteiger partial charge is 0.219 e. The highest BCUT2D eigenvalue weighted by molar-refractivity contribution is 5.75. The number of carbonyl (C=O) groups excluding carboxylic acids is 2. The highest BCUT2D eigenvalue weighted by Crippen LogP contribution is 2.14. The average molecular weight is 212 g/mol. The van der Waals surface area contributed by atoms with E-state index in [4.69, 9.17) is 0 Å². The van der Waals surface area contributed by atoms with Crippen LogP contribution in [0, 0.1) is 5.92 Å². The van der Waals surface area contributed by atoms with Crippen LogP contribution in [0.1, 0.15) is 25.7 Å². The summed E-state index contributed by atoms with van der Waals surface area (Å²) in [5, 5.41) is 2.61. The largest absolute Gasteiger partial charge is 0.359 e. The highest BCUT2D eigenvalue weighted by atomic mass is 16.1. The Balaban J connectivity index is 2.15. The molecule has 1 aliphatic rings. The lowest BCUT2D eigenvalue weighted by Crippen LogP contribution is -2.36. The van der Waals surface area contributed by atoms with E-state index in [1.807, 2.05) is 0 Å². The molecule has 1 atom stereocenters. The first-order chi connectivity index (χ1) is 7.26. The molecule has 0 radical (unpaired) electrons. The average Bonchev–Trinajstić information content (AvgIpc) is 2.29. The molecule has 15 heavy (non-hydrogen) atoms. The summed E-state index contributed by atoms with van der Waals surface area (Å²) in [6.45, 7) is 2.87. The van der Waals surface area contributed by atoms with E-state index in [1.165, 1.54) is 0 Å². The van der Waals surface area contributed by atoms with Gasteiger partial charge in [0.15, 0.2) is 0 Å². The molecule has 1 aliphatic heterocycles. The van der Waals surface area contributed by atoms with Crippen LogP contribution in [0.25, 0.3) is 0 Å². The molecule has 1 fully saturated rings. The molecule has 1 unspecified atom stereocenters. The number of nitrogens with one attached hydrogen (secondary N) is 1. The summed E-state index contributed by atoms with van der Waals surface area (Å²) in [5.74, 6) is 0.303. The van der Waals surface area contributed by atoms with Crippen molar-refractivity contribution in [2.75, 3.05) is 26.7 Å². The second kappa shape index (κ2) is 6.56. The molecule has 0 aromatic heterocycles. The van der Waals surface area contributed by atoms with Crippen molar-refractivity contribution in [1.29, 1.82) is 0 Å². The second-order valence-corrected chi connectivity index (χ2v) is 4.12. The highest BCUT2D eigenvalue weighted by Gasteiger charge is 2.18. The molecule has 1 amide bonds. The maximum atomic E-state index is 11.0. The summed E-state index contributed by atoms with van der Waals surface area (Å²) in [5.41, 5.74) is 0. The Hall–Kier alpha value is -0.900. The summed E-state index contributed by atoms with van der Waals surface area (Å²) in [7, 11) is 1.66. The number of carbonyl (C=O) groups is 2. The Morgan fingerprint density at radius 2 is 2.40 bits per heavy atom. The van der Waals surface area contributed by atoms with Gasteiger partial charge in [-0.1, -0.05) is 0 Å². The summed E-state index contributed by atoms with van der Waals surface area (Å²) in [6.07, 6.45) is 4.65. The normalized spacial score (nSPS) is 22.3. The number of nitrogens with zero attached hydrogens (tertiary/aromatic N) is 1. The minimum atomic E-state index is 0.0962. The minimum Gasteiger partial charge on any atom is -0.359 e. The van der Waals surface area contributed by atoms with Gasteiger partial charge in [0, 0.05) is 25.9 Å². The van der Waals surface area contributed by atoms with Gasteiger partial charge in [-0.05, 0) is 32.4 Å². The SMILES string of the molecule is CNC(=O)CCCN1CCCC(C=O)C1. The molecule has 0 aliphatic carbocycles. The van der Waals surface area contributed by atoms with Crippen LogP contribution in [0.5, 0.6) is 0 Å². The van der Waals surface area contributed by atoms with Crippen molar-refractivity contribution in [3.05, 3.63) is 0 Å². The van der Waals surface area contributed by atoms with Gasteiger partial charge < -0.3 is 15.0 Å². The van der Waals surface area contributed by atoms with Crippen molar-refractivity contribution in [1.82, 2.24) is 10.2 Å². The van der Waals surface area contributed by atoms with Gasteiger partial charge in [-0.25, -0.2) is 0 Å². The fraction of sp³-hybridized carbons (Fsp3) is 0.818. The van der Waals surface area contributed by atoms with Crippen LogP contribution in [0.4, 0.5) is 0 Å². The van der Waals surface area contributed by atoms with Crippen molar-refractivity contribution in [3.63, 3.8) is 0 Å². The number of aldehydes is 1. The lowest BCUT2D eigenvalue weighted by atomic mass is 9.99. The molecule has 1 heterocycles.